The SMILES string of the molecule is CC(C)=CCc1cc(CC2=C(c3ccc(O)cc3)C(=O)NC2=O)ccc1O. The Labute approximate surface area is 157 Å². The van der Waals surface area contributed by atoms with Gasteiger partial charge < -0.3 is 10.2 Å². The molecule has 0 saturated heterocycles. The van der Waals surface area contributed by atoms with Gasteiger partial charge in [-0.15, -0.1) is 0 Å². The van der Waals surface area contributed by atoms with Crippen LogP contribution in [0.1, 0.15) is 30.5 Å². The minimum absolute atomic E-state index is 0.0908. The zero-order valence-electron chi connectivity index (χ0n) is 15.2. The third kappa shape index (κ3) is 4.08. The first kappa shape index (κ1) is 18.5. The third-order valence-electron chi connectivity index (χ3n) is 4.44. The Bertz CT molecular complexity index is 964. The summed E-state index contributed by atoms with van der Waals surface area (Å²) in [7, 11) is 0. The first-order chi connectivity index (χ1) is 12.8. The van der Waals surface area contributed by atoms with Crippen molar-refractivity contribution >= 4 is 17.4 Å². The first-order valence-corrected chi connectivity index (χ1v) is 8.67. The zero-order chi connectivity index (χ0) is 19.6. The Morgan fingerprint density at radius 1 is 1.00 bits per heavy atom. The van der Waals surface area contributed by atoms with E-state index in [1.165, 1.54) is 12.1 Å². The van der Waals surface area contributed by atoms with Gasteiger partial charge >= 0.3 is 0 Å². The molecule has 5 nitrogen and oxygen atoms in total. The number of rotatable bonds is 5. The van der Waals surface area contributed by atoms with E-state index in [0.717, 1.165) is 16.7 Å². The summed E-state index contributed by atoms with van der Waals surface area (Å²) in [4.78, 5) is 24.6. The zero-order valence-corrected chi connectivity index (χ0v) is 15.2. The highest BCUT2D eigenvalue weighted by molar-refractivity contribution is 6.36. The molecule has 0 atom stereocenters. The Morgan fingerprint density at radius 3 is 2.37 bits per heavy atom. The van der Waals surface area contributed by atoms with Gasteiger partial charge in [0.25, 0.3) is 11.8 Å². The van der Waals surface area contributed by atoms with E-state index in [-0.39, 0.29) is 17.9 Å². The van der Waals surface area contributed by atoms with E-state index in [1.54, 1.807) is 24.3 Å². The van der Waals surface area contributed by atoms with E-state index in [9.17, 15) is 19.8 Å². The second-order valence-corrected chi connectivity index (χ2v) is 6.81. The molecule has 0 aromatic heterocycles. The number of allylic oxidation sites excluding steroid dienone is 2. The van der Waals surface area contributed by atoms with Crippen molar-refractivity contribution in [1.29, 1.82) is 0 Å². The second kappa shape index (κ2) is 7.50. The van der Waals surface area contributed by atoms with Gasteiger partial charge in [-0.25, -0.2) is 0 Å². The molecule has 0 radical (unpaired) electrons. The molecule has 138 valence electrons. The largest absolute Gasteiger partial charge is 0.508 e. The maximum Gasteiger partial charge on any atom is 0.259 e. The number of nitrogens with one attached hydrogen (secondary N) is 1. The Kier molecular flexibility index (Phi) is 5.12. The van der Waals surface area contributed by atoms with Crippen molar-refractivity contribution in [2.24, 2.45) is 0 Å². The van der Waals surface area contributed by atoms with Crippen LogP contribution in [-0.2, 0) is 22.4 Å². The molecule has 5 heteroatoms. The Morgan fingerprint density at radius 2 is 1.70 bits per heavy atom. The minimum atomic E-state index is -0.441. The molecule has 2 amide bonds. The number of phenols is 2. The van der Waals surface area contributed by atoms with Crippen LogP contribution in [0.4, 0.5) is 0 Å². The molecule has 2 aromatic carbocycles. The average Bonchev–Trinajstić information content (AvgIpc) is 2.89. The fraction of sp³-hybridized carbons (Fsp3) is 0.182. The van der Waals surface area contributed by atoms with Crippen molar-refractivity contribution in [3.63, 3.8) is 0 Å². The van der Waals surface area contributed by atoms with Gasteiger partial charge in [-0.2, -0.15) is 0 Å². The van der Waals surface area contributed by atoms with Gasteiger partial charge in [0.2, 0.25) is 0 Å². The van der Waals surface area contributed by atoms with Crippen LogP contribution < -0.4 is 5.32 Å². The predicted octanol–water partition coefficient (Wildman–Crippen LogP) is 3.26. The highest BCUT2D eigenvalue weighted by atomic mass is 16.3. The van der Waals surface area contributed by atoms with Crippen LogP contribution >= 0.6 is 0 Å². The molecule has 0 unspecified atom stereocenters. The van der Waals surface area contributed by atoms with Gasteiger partial charge in [0.05, 0.1) is 5.57 Å². The molecule has 0 bridgehead atoms. The van der Waals surface area contributed by atoms with Crippen molar-refractivity contribution in [3.8, 4) is 11.5 Å². The molecular weight excluding hydrogens is 342 g/mol. The number of carbonyl (C=O) groups is 2. The van der Waals surface area contributed by atoms with E-state index in [1.807, 2.05) is 26.0 Å². The van der Waals surface area contributed by atoms with E-state index in [2.05, 4.69) is 5.32 Å². The normalized spacial score (nSPS) is 13.7. The van der Waals surface area contributed by atoms with E-state index < -0.39 is 11.8 Å². The maximum atomic E-state index is 12.3. The lowest BCUT2D eigenvalue weighted by atomic mass is 9.95. The Hall–Kier alpha value is -3.34. The molecule has 3 N–H and O–H groups in total. The molecule has 0 fully saturated rings. The van der Waals surface area contributed by atoms with Gasteiger partial charge in [-0.05, 0) is 55.2 Å². The maximum absolute atomic E-state index is 12.3. The highest BCUT2D eigenvalue weighted by Gasteiger charge is 2.31. The number of aromatic hydroxyl groups is 2. The molecule has 1 heterocycles. The van der Waals surface area contributed by atoms with Crippen molar-refractivity contribution < 1.29 is 19.8 Å². The number of hydrogen-bond acceptors (Lipinski definition) is 4. The van der Waals surface area contributed by atoms with E-state index >= 15 is 0 Å². The predicted molar refractivity (Wildman–Crippen MR) is 103 cm³/mol. The molecule has 0 saturated carbocycles. The van der Waals surface area contributed by atoms with Crippen molar-refractivity contribution in [2.75, 3.05) is 0 Å². The van der Waals surface area contributed by atoms with E-state index in [0.29, 0.717) is 23.1 Å². The lowest BCUT2D eigenvalue weighted by Gasteiger charge is -2.08. The van der Waals surface area contributed by atoms with Crippen LogP contribution in [0.25, 0.3) is 5.57 Å². The standard InChI is InChI=1S/C22H21NO4/c1-13(2)3-5-16-11-14(4-10-19(16)25)12-18-20(22(27)23-21(18)26)15-6-8-17(24)9-7-15/h3-4,6-11,24-25H,5,12H2,1-2H3,(H,23,26,27). The fourth-order valence-electron chi connectivity index (χ4n) is 3.02. The van der Waals surface area contributed by atoms with Crippen LogP contribution in [0.2, 0.25) is 0 Å². The van der Waals surface area contributed by atoms with Gasteiger partial charge in [0, 0.05) is 12.0 Å². The molecule has 1 aliphatic heterocycles. The monoisotopic (exact) mass is 363 g/mol. The lowest BCUT2D eigenvalue weighted by molar-refractivity contribution is -0.123. The number of amides is 2. The number of phenolic OH excluding ortho intramolecular Hbond substituents is 2. The molecule has 2 aromatic rings. The first-order valence-electron chi connectivity index (χ1n) is 8.67. The van der Waals surface area contributed by atoms with Crippen LogP contribution in [0.15, 0.2) is 59.7 Å². The van der Waals surface area contributed by atoms with E-state index in [4.69, 9.17) is 0 Å². The van der Waals surface area contributed by atoms with Gasteiger partial charge in [-0.1, -0.05) is 35.9 Å². The molecule has 0 aliphatic carbocycles. The Balaban J connectivity index is 1.97. The summed E-state index contributed by atoms with van der Waals surface area (Å²) in [5.74, 6) is -0.560. The summed E-state index contributed by atoms with van der Waals surface area (Å²) in [6, 6.07) is 11.4. The van der Waals surface area contributed by atoms with Crippen molar-refractivity contribution in [3.05, 3.63) is 76.4 Å². The van der Waals surface area contributed by atoms with Gasteiger partial charge in [-0.3, -0.25) is 14.9 Å². The summed E-state index contributed by atoms with van der Waals surface area (Å²) in [5.41, 5.74) is 4.03. The molecular formula is C22H21NO4. The van der Waals surface area contributed by atoms with Crippen LogP contribution in [0.5, 0.6) is 11.5 Å². The van der Waals surface area contributed by atoms with Gasteiger partial charge in [0.15, 0.2) is 0 Å². The molecule has 0 spiro atoms. The van der Waals surface area contributed by atoms with Crippen LogP contribution in [-0.4, -0.2) is 22.0 Å². The number of benzene rings is 2. The van der Waals surface area contributed by atoms with Crippen LogP contribution in [0.3, 0.4) is 0 Å². The number of carbonyl (C=O) groups excluding carboxylic acids is 2. The third-order valence-corrected chi connectivity index (χ3v) is 4.44. The fourth-order valence-corrected chi connectivity index (χ4v) is 3.02. The number of imide groups is 1. The van der Waals surface area contributed by atoms with Crippen LogP contribution in [0, 0.1) is 0 Å². The molecule has 3 rings (SSSR count). The summed E-state index contributed by atoms with van der Waals surface area (Å²) in [5, 5.41) is 21.9. The summed E-state index contributed by atoms with van der Waals surface area (Å²) < 4.78 is 0. The summed E-state index contributed by atoms with van der Waals surface area (Å²) in [6.07, 6.45) is 2.89. The highest BCUT2D eigenvalue weighted by Crippen LogP contribution is 2.29. The van der Waals surface area contributed by atoms with Crippen molar-refractivity contribution in [1.82, 2.24) is 5.32 Å². The average molecular weight is 363 g/mol. The number of hydrogen-bond donors (Lipinski definition) is 3. The summed E-state index contributed by atoms with van der Waals surface area (Å²) >= 11 is 0. The minimum Gasteiger partial charge on any atom is -0.508 e. The smallest absolute Gasteiger partial charge is 0.259 e. The van der Waals surface area contributed by atoms with Gasteiger partial charge in [0.1, 0.15) is 11.5 Å². The molecule has 27 heavy (non-hydrogen) atoms. The quantitative estimate of drug-likeness (QED) is 0.562. The second-order valence-electron chi connectivity index (χ2n) is 6.81. The lowest BCUT2D eigenvalue weighted by Crippen LogP contribution is -2.23. The summed E-state index contributed by atoms with van der Waals surface area (Å²) in [6.45, 7) is 3.98. The van der Waals surface area contributed by atoms with Crippen molar-refractivity contribution in [2.45, 2.75) is 26.7 Å². The topological polar surface area (TPSA) is 86.6 Å². The molecule has 1 aliphatic rings.